The minimum Gasteiger partial charge on any atom is -0.368 e. The van der Waals surface area contributed by atoms with Crippen molar-refractivity contribution in [2.45, 2.75) is 19.1 Å². The second kappa shape index (κ2) is 3.89. The van der Waals surface area contributed by atoms with Crippen LogP contribution in [0.5, 0.6) is 0 Å². The van der Waals surface area contributed by atoms with E-state index in [4.69, 9.17) is 5.73 Å². The van der Waals surface area contributed by atoms with E-state index >= 15 is 0 Å². The van der Waals surface area contributed by atoms with Gasteiger partial charge in [-0.1, -0.05) is 0 Å². The summed E-state index contributed by atoms with van der Waals surface area (Å²) in [5.74, 6) is 0.104. The molecule has 0 aliphatic carbocycles. The first kappa shape index (κ1) is 11.1. The van der Waals surface area contributed by atoms with Crippen molar-refractivity contribution in [3.63, 3.8) is 0 Å². The molecule has 1 aromatic heterocycles. The highest BCUT2D eigenvalue weighted by Crippen LogP contribution is 2.22. The molecule has 2 heterocycles. The molecular formula is C9H11F3N4. The van der Waals surface area contributed by atoms with Crippen molar-refractivity contribution in [2.24, 2.45) is 0 Å². The van der Waals surface area contributed by atoms with E-state index in [1.807, 2.05) is 0 Å². The van der Waals surface area contributed by atoms with Gasteiger partial charge in [-0.25, -0.2) is 9.97 Å². The minimum absolute atomic E-state index is 0.104. The van der Waals surface area contributed by atoms with Crippen LogP contribution in [0, 0.1) is 0 Å². The molecule has 0 radical (unpaired) electrons. The number of alkyl halides is 3. The van der Waals surface area contributed by atoms with Crippen LogP contribution in [0.2, 0.25) is 0 Å². The first-order valence-corrected chi connectivity index (χ1v) is 4.83. The number of nitrogen functional groups attached to an aromatic ring is 1. The van der Waals surface area contributed by atoms with Crippen LogP contribution >= 0.6 is 0 Å². The van der Waals surface area contributed by atoms with Crippen molar-refractivity contribution in [3.8, 4) is 0 Å². The summed E-state index contributed by atoms with van der Waals surface area (Å²) < 4.78 is 36.6. The van der Waals surface area contributed by atoms with Crippen LogP contribution in [0.1, 0.15) is 11.3 Å². The number of rotatable bonds is 1. The highest BCUT2D eigenvalue weighted by Gasteiger charge is 2.32. The predicted molar refractivity (Wildman–Crippen MR) is 51.5 cm³/mol. The Morgan fingerprint density at radius 2 is 2.19 bits per heavy atom. The maximum atomic E-state index is 12.2. The quantitative estimate of drug-likeness (QED) is 0.784. The van der Waals surface area contributed by atoms with E-state index in [2.05, 4.69) is 9.97 Å². The van der Waals surface area contributed by atoms with Crippen LogP contribution < -0.4 is 5.73 Å². The average molecular weight is 232 g/mol. The van der Waals surface area contributed by atoms with Gasteiger partial charge in [-0.3, -0.25) is 4.90 Å². The van der Waals surface area contributed by atoms with Crippen LogP contribution in [0.25, 0.3) is 0 Å². The standard InChI is InChI=1S/C9H11F3N4/c10-9(11,12)5-16-2-1-6-3-14-8(13)15-7(6)4-16/h3H,1-2,4-5H2,(H2,13,14,15). The summed E-state index contributed by atoms with van der Waals surface area (Å²) in [5, 5.41) is 0. The molecule has 0 unspecified atom stereocenters. The number of nitrogens with zero attached hydrogens (tertiary/aromatic N) is 3. The molecule has 0 aromatic carbocycles. The molecule has 0 saturated carbocycles. The van der Waals surface area contributed by atoms with Gasteiger partial charge in [0.2, 0.25) is 5.95 Å². The zero-order chi connectivity index (χ0) is 11.8. The fourth-order valence-corrected chi connectivity index (χ4v) is 1.76. The third-order valence-corrected chi connectivity index (χ3v) is 2.45. The Balaban J connectivity index is 2.11. The summed E-state index contributed by atoms with van der Waals surface area (Å²) in [4.78, 5) is 9.08. The maximum Gasteiger partial charge on any atom is 0.401 e. The molecule has 1 aliphatic heterocycles. The van der Waals surface area contributed by atoms with Gasteiger partial charge in [0, 0.05) is 19.3 Å². The zero-order valence-electron chi connectivity index (χ0n) is 8.46. The zero-order valence-corrected chi connectivity index (χ0v) is 8.46. The van der Waals surface area contributed by atoms with E-state index in [0.29, 0.717) is 18.7 Å². The summed E-state index contributed by atoms with van der Waals surface area (Å²) in [7, 11) is 0. The highest BCUT2D eigenvalue weighted by atomic mass is 19.4. The van der Waals surface area contributed by atoms with Crippen LogP contribution in [-0.2, 0) is 13.0 Å². The van der Waals surface area contributed by atoms with E-state index in [-0.39, 0.29) is 12.5 Å². The Bertz CT molecular complexity index is 391. The fourth-order valence-electron chi connectivity index (χ4n) is 1.76. The number of halogens is 3. The van der Waals surface area contributed by atoms with Gasteiger partial charge in [0.25, 0.3) is 0 Å². The van der Waals surface area contributed by atoms with Crippen molar-refractivity contribution in [1.82, 2.24) is 14.9 Å². The average Bonchev–Trinajstić information content (AvgIpc) is 2.14. The first-order valence-electron chi connectivity index (χ1n) is 4.83. The first-order chi connectivity index (χ1) is 7.44. The Morgan fingerprint density at radius 3 is 2.88 bits per heavy atom. The molecule has 0 fully saturated rings. The van der Waals surface area contributed by atoms with Gasteiger partial charge in [0.1, 0.15) is 0 Å². The van der Waals surface area contributed by atoms with Gasteiger partial charge in [-0.05, 0) is 12.0 Å². The van der Waals surface area contributed by atoms with Gasteiger partial charge >= 0.3 is 6.18 Å². The van der Waals surface area contributed by atoms with Crippen molar-refractivity contribution in [1.29, 1.82) is 0 Å². The van der Waals surface area contributed by atoms with Crippen LogP contribution in [0.3, 0.4) is 0 Å². The lowest BCUT2D eigenvalue weighted by molar-refractivity contribution is -0.147. The Labute approximate surface area is 90.3 Å². The molecule has 1 aromatic rings. The SMILES string of the molecule is Nc1ncc2c(n1)CN(CC(F)(F)F)CC2. The molecule has 0 amide bonds. The molecule has 88 valence electrons. The summed E-state index contributed by atoms with van der Waals surface area (Å²) in [6.45, 7) is -0.350. The number of hydrogen-bond donors (Lipinski definition) is 1. The second-order valence-electron chi connectivity index (χ2n) is 3.78. The lowest BCUT2D eigenvalue weighted by atomic mass is 10.1. The van der Waals surface area contributed by atoms with Gasteiger partial charge in [0.05, 0.1) is 12.2 Å². The van der Waals surface area contributed by atoms with Gasteiger partial charge in [0.15, 0.2) is 0 Å². The third-order valence-electron chi connectivity index (χ3n) is 2.45. The van der Waals surface area contributed by atoms with Crippen LogP contribution in [0.4, 0.5) is 19.1 Å². The number of aromatic nitrogens is 2. The number of nitrogens with two attached hydrogens (primary N) is 1. The molecule has 1 aliphatic rings. The summed E-state index contributed by atoms with van der Waals surface area (Å²) >= 11 is 0. The Morgan fingerprint density at radius 1 is 1.44 bits per heavy atom. The van der Waals surface area contributed by atoms with Crippen molar-refractivity contribution >= 4 is 5.95 Å². The topological polar surface area (TPSA) is 55.0 Å². The van der Waals surface area contributed by atoms with E-state index in [9.17, 15) is 13.2 Å². The smallest absolute Gasteiger partial charge is 0.368 e. The molecule has 4 nitrogen and oxygen atoms in total. The van der Waals surface area contributed by atoms with E-state index in [0.717, 1.165) is 5.56 Å². The minimum atomic E-state index is -4.17. The predicted octanol–water partition coefficient (Wildman–Crippen LogP) is 0.979. The molecule has 16 heavy (non-hydrogen) atoms. The monoisotopic (exact) mass is 232 g/mol. The van der Waals surface area contributed by atoms with Crippen LogP contribution in [-0.4, -0.2) is 34.1 Å². The number of fused-ring (bicyclic) bond motifs is 1. The largest absolute Gasteiger partial charge is 0.401 e. The van der Waals surface area contributed by atoms with Crippen molar-refractivity contribution < 1.29 is 13.2 Å². The van der Waals surface area contributed by atoms with Crippen molar-refractivity contribution in [2.75, 3.05) is 18.8 Å². The summed E-state index contributed by atoms with van der Waals surface area (Å²) in [6.07, 6.45) is -2.05. The molecule has 2 rings (SSSR count). The lowest BCUT2D eigenvalue weighted by Gasteiger charge is -2.28. The van der Waals surface area contributed by atoms with E-state index in [1.165, 1.54) is 4.90 Å². The summed E-state index contributed by atoms with van der Waals surface area (Å²) in [5.41, 5.74) is 6.87. The highest BCUT2D eigenvalue weighted by molar-refractivity contribution is 5.26. The lowest BCUT2D eigenvalue weighted by Crippen LogP contribution is -2.38. The molecular weight excluding hydrogens is 221 g/mol. The molecule has 0 atom stereocenters. The Kier molecular flexibility index (Phi) is 2.71. The molecule has 7 heteroatoms. The van der Waals surface area contributed by atoms with E-state index in [1.54, 1.807) is 6.20 Å². The summed E-state index contributed by atoms with van der Waals surface area (Å²) in [6, 6.07) is 0. The van der Waals surface area contributed by atoms with Crippen molar-refractivity contribution in [3.05, 3.63) is 17.5 Å². The second-order valence-corrected chi connectivity index (χ2v) is 3.78. The molecule has 0 bridgehead atoms. The molecule has 2 N–H and O–H groups in total. The van der Waals surface area contributed by atoms with E-state index < -0.39 is 12.7 Å². The fraction of sp³-hybridized carbons (Fsp3) is 0.556. The normalized spacial score (nSPS) is 17.2. The molecule has 0 spiro atoms. The Hall–Kier alpha value is -1.37. The number of anilines is 1. The van der Waals surface area contributed by atoms with Gasteiger partial charge in [-0.15, -0.1) is 0 Å². The van der Waals surface area contributed by atoms with Crippen LogP contribution in [0.15, 0.2) is 6.20 Å². The molecule has 0 saturated heterocycles. The van der Waals surface area contributed by atoms with Gasteiger partial charge in [-0.2, -0.15) is 13.2 Å². The van der Waals surface area contributed by atoms with Gasteiger partial charge < -0.3 is 5.73 Å². The number of hydrogen-bond acceptors (Lipinski definition) is 4. The third kappa shape index (κ3) is 2.60. The maximum absolute atomic E-state index is 12.2.